The molecule has 1 amide bonds. The molecule has 1 aliphatic rings. The zero-order valence-electron chi connectivity index (χ0n) is 13.1. The number of nitrogens with one attached hydrogen (secondary N) is 2. The molecule has 0 aromatic carbocycles. The number of hydrogen-bond donors (Lipinski definition) is 2. The number of halogens is 1. The molecule has 1 heterocycles. The Morgan fingerprint density at radius 2 is 1.84 bits per heavy atom. The molecule has 1 saturated heterocycles. The minimum absolute atomic E-state index is 0. The van der Waals surface area contributed by atoms with Crippen molar-refractivity contribution in [3.8, 4) is 0 Å². The first kappa shape index (κ1) is 18.7. The third-order valence-corrected chi connectivity index (χ3v) is 4.49. The van der Waals surface area contributed by atoms with Crippen LogP contribution in [0.15, 0.2) is 0 Å². The minimum Gasteiger partial charge on any atom is -0.356 e. The van der Waals surface area contributed by atoms with Gasteiger partial charge in [0, 0.05) is 13.0 Å². The van der Waals surface area contributed by atoms with E-state index in [0.29, 0.717) is 12.3 Å². The average Bonchev–Trinajstić information content (AvgIpc) is 2.26. The van der Waals surface area contributed by atoms with Crippen LogP contribution in [0, 0.1) is 16.7 Å². The van der Waals surface area contributed by atoms with E-state index in [9.17, 15) is 4.79 Å². The summed E-state index contributed by atoms with van der Waals surface area (Å²) in [5, 5.41) is 6.50. The zero-order valence-corrected chi connectivity index (χ0v) is 14.0. The Labute approximate surface area is 124 Å². The molecule has 0 saturated carbocycles. The van der Waals surface area contributed by atoms with Crippen molar-refractivity contribution in [2.24, 2.45) is 16.7 Å². The van der Waals surface area contributed by atoms with Crippen LogP contribution in [-0.2, 0) is 4.79 Å². The fraction of sp³-hybridized carbons (Fsp3) is 0.933. The Bertz CT molecular complexity index is 280. The topological polar surface area (TPSA) is 41.1 Å². The van der Waals surface area contributed by atoms with Gasteiger partial charge >= 0.3 is 0 Å². The highest BCUT2D eigenvalue weighted by atomic mass is 35.5. The van der Waals surface area contributed by atoms with Gasteiger partial charge < -0.3 is 10.6 Å². The smallest absolute Gasteiger partial charge is 0.220 e. The van der Waals surface area contributed by atoms with Gasteiger partial charge in [0.25, 0.3) is 0 Å². The zero-order chi connectivity index (χ0) is 13.8. The van der Waals surface area contributed by atoms with E-state index in [1.807, 2.05) is 0 Å². The molecule has 0 aliphatic carbocycles. The maximum absolute atomic E-state index is 12.0. The normalized spacial score (nSPS) is 20.3. The highest BCUT2D eigenvalue weighted by Gasteiger charge is 2.28. The highest BCUT2D eigenvalue weighted by molar-refractivity contribution is 5.85. The number of rotatable bonds is 4. The number of carbonyl (C=O) groups is 1. The van der Waals surface area contributed by atoms with Gasteiger partial charge in [-0.25, -0.2) is 0 Å². The predicted octanol–water partition coefficient (Wildman–Crippen LogP) is 2.99. The van der Waals surface area contributed by atoms with Crippen LogP contribution in [0.4, 0.5) is 0 Å². The molecule has 2 N–H and O–H groups in total. The molecule has 0 bridgehead atoms. The number of carbonyl (C=O) groups excluding carboxylic acids is 1. The lowest BCUT2D eigenvalue weighted by Crippen LogP contribution is -2.43. The van der Waals surface area contributed by atoms with Crippen LogP contribution in [0.5, 0.6) is 0 Å². The Hall–Kier alpha value is -0.280. The van der Waals surface area contributed by atoms with Gasteiger partial charge in [0.2, 0.25) is 5.91 Å². The van der Waals surface area contributed by atoms with Crippen LogP contribution in [0.3, 0.4) is 0 Å². The number of hydrogen-bond acceptors (Lipinski definition) is 2. The Kier molecular flexibility index (Phi) is 7.38. The second-order valence-corrected chi connectivity index (χ2v) is 7.31. The maximum atomic E-state index is 12.0. The second-order valence-electron chi connectivity index (χ2n) is 7.31. The highest BCUT2D eigenvalue weighted by Crippen LogP contribution is 2.29. The van der Waals surface area contributed by atoms with Crippen LogP contribution >= 0.6 is 12.4 Å². The molecular weight excluding hydrogens is 260 g/mol. The Morgan fingerprint density at radius 3 is 2.32 bits per heavy atom. The number of amides is 1. The third kappa shape index (κ3) is 6.62. The first-order valence-corrected chi connectivity index (χ1v) is 7.20. The van der Waals surface area contributed by atoms with E-state index in [0.717, 1.165) is 32.5 Å². The van der Waals surface area contributed by atoms with Gasteiger partial charge in [-0.15, -0.1) is 12.4 Å². The van der Waals surface area contributed by atoms with Crippen molar-refractivity contribution >= 4 is 18.3 Å². The van der Waals surface area contributed by atoms with E-state index >= 15 is 0 Å². The van der Waals surface area contributed by atoms with Gasteiger partial charge in [-0.3, -0.25) is 4.79 Å². The molecular formula is C15H31ClN2O. The minimum atomic E-state index is 0. The summed E-state index contributed by atoms with van der Waals surface area (Å²) < 4.78 is 0. The fourth-order valence-electron chi connectivity index (χ4n) is 2.18. The van der Waals surface area contributed by atoms with Crippen molar-refractivity contribution in [3.63, 3.8) is 0 Å². The molecule has 1 fully saturated rings. The van der Waals surface area contributed by atoms with Crippen molar-refractivity contribution in [3.05, 3.63) is 0 Å². The Morgan fingerprint density at radius 1 is 1.32 bits per heavy atom. The monoisotopic (exact) mass is 290 g/mol. The lowest BCUT2D eigenvalue weighted by molar-refractivity contribution is -0.123. The molecule has 0 spiro atoms. The van der Waals surface area contributed by atoms with E-state index in [1.54, 1.807) is 0 Å². The van der Waals surface area contributed by atoms with Gasteiger partial charge in [0.05, 0.1) is 0 Å². The van der Waals surface area contributed by atoms with Crippen LogP contribution in [0.1, 0.15) is 53.9 Å². The first-order valence-electron chi connectivity index (χ1n) is 7.20. The SMILES string of the molecule is CC(CC(=O)NCC1(C)CCNCC1)C(C)(C)C.Cl. The largest absolute Gasteiger partial charge is 0.356 e. The van der Waals surface area contributed by atoms with Gasteiger partial charge in [0.1, 0.15) is 0 Å². The third-order valence-electron chi connectivity index (χ3n) is 4.49. The van der Waals surface area contributed by atoms with E-state index in [2.05, 4.69) is 45.3 Å². The summed E-state index contributed by atoms with van der Waals surface area (Å²) in [6.45, 7) is 14.0. The molecule has 19 heavy (non-hydrogen) atoms. The average molecular weight is 291 g/mol. The van der Waals surface area contributed by atoms with Gasteiger partial charge in [-0.05, 0) is 42.7 Å². The molecule has 0 radical (unpaired) electrons. The molecule has 1 atom stereocenters. The van der Waals surface area contributed by atoms with Crippen LogP contribution in [0.25, 0.3) is 0 Å². The van der Waals surface area contributed by atoms with E-state index in [4.69, 9.17) is 0 Å². The van der Waals surface area contributed by atoms with Gasteiger partial charge in [-0.1, -0.05) is 34.6 Å². The van der Waals surface area contributed by atoms with Crippen molar-refractivity contribution in [2.75, 3.05) is 19.6 Å². The van der Waals surface area contributed by atoms with Crippen molar-refractivity contribution in [1.82, 2.24) is 10.6 Å². The van der Waals surface area contributed by atoms with Crippen LogP contribution < -0.4 is 10.6 Å². The van der Waals surface area contributed by atoms with Crippen LogP contribution in [-0.4, -0.2) is 25.5 Å². The van der Waals surface area contributed by atoms with Gasteiger partial charge in [-0.2, -0.15) is 0 Å². The summed E-state index contributed by atoms with van der Waals surface area (Å²) in [5.41, 5.74) is 0.488. The summed E-state index contributed by atoms with van der Waals surface area (Å²) in [6, 6.07) is 0. The van der Waals surface area contributed by atoms with E-state index < -0.39 is 0 Å². The van der Waals surface area contributed by atoms with Gasteiger partial charge in [0.15, 0.2) is 0 Å². The molecule has 1 unspecified atom stereocenters. The lowest BCUT2D eigenvalue weighted by atomic mass is 9.79. The fourth-order valence-corrected chi connectivity index (χ4v) is 2.18. The Balaban J connectivity index is 0.00000324. The molecule has 1 aliphatic heterocycles. The maximum Gasteiger partial charge on any atom is 0.220 e. The second kappa shape index (κ2) is 7.49. The molecule has 0 aromatic heterocycles. The van der Waals surface area contributed by atoms with Crippen LogP contribution in [0.2, 0.25) is 0 Å². The number of piperidine rings is 1. The molecule has 114 valence electrons. The molecule has 3 nitrogen and oxygen atoms in total. The molecule has 0 aromatic rings. The van der Waals surface area contributed by atoms with Crippen molar-refractivity contribution in [2.45, 2.75) is 53.9 Å². The summed E-state index contributed by atoms with van der Waals surface area (Å²) >= 11 is 0. The standard InChI is InChI=1S/C15H30N2O.ClH/c1-12(14(2,3)4)10-13(18)17-11-15(5)6-8-16-9-7-15;/h12,16H,6-11H2,1-5H3,(H,17,18);1H. The first-order chi connectivity index (χ1) is 8.23. The summed E-state index contributed by atoms with van der Waals surface area (Å²) in [6.07, 6.45) is 2.95. The quantitative estimate of drug-likeness (QED) is 0.836. The van der Waals surface area contributed by atoms with E-state index in [-0.39, 0.29) is 29.1 Å². The summed E-state index contributed by atoms with van der Waals surface area (Å²) in [4.78, 5) is 12.0. The summed E-state index contributed by atoms with van der Waals surface area (Å²) in [7, 11) is 0. The molecule has 1 rings (SSSR count). The van der Waals surface area contributed by atoms with E-state index in [1.165, 1.54) is 0 Å². The summed E-state index contributed by atoms with van der Waals surface area (Å²) in [5.74, 6) is 0.621. The van der Waals surface area contributed by atoms with Crippen molar-refractivity contribution < 1.29 is 4.79 Å². The molecule has 4 heteroatoms. The predicted molar refractivity (Wildman–Crippen MR) is 83.7 cm³/mol. The lowest BCUT2D eigenvalue weighted by Gasteiger charge is -2.34. The van der Waals surface area contributed by atoms with Crippen molar-refractivity contribution in [1.29, 1.82) is 0 Å².